The van der Waals surface area contributed by atoms with E-state index in [1.165, 1.54) is 50.8 Å². The number of pyridine rings is 1. The van der Waals surface area contributed by atoms with Gasteiger partial charge in [0.25, 0.3) is 0 Å². The van der Waals surface area contributed by atoms with Gasteiger partial charge in [-0.3, -0.25) is 9.80 Å². The zero-order valence-electron chi connectivity index (χ0n) is 19.1. The smallest absolute Gasteiger partial charge is 0.199 e. The molecule has 3 heterocycles. The summed E-state index contributed by atoms with van der Waals surface area (Å²) in [5.74, 6) is 0.173. The highest BCUT2D eigenvalue weighted by Crippen LogP contribution is 2.36. The van der Waals surface area contributed by atoms with Crippen LogP contribution in [0.5, 0.6) is 5.88 Å². The predicted octanol–water partition coefficient (Wildman–Crippen LogP) is 5.54. The monoisotopic (exact) mass is 440 g/mol. The number of aromatic amines is 1. The topological polar surface area (TPSA) is 55.4 Å². The number of benzene rings is 2. The number of fused-ring (bicyclic) bond motifs is 2. The predicted molar refractivity (Wildman–Crippen MR) is 134 cm³/mol. The molecule has 1 aliphatic carbocycles. The van der Waals surface area contributed by atoms with Crippen molar-refractivity contribution in [2.75, 3.05) is 26.2 Å². The molecule has 4 aromatic rings. The molecule has 6 rings (SSSR count). The fraction of sp³-hybridized carbons (Fsp3) is 0.393. The van der Waals surface area contributed by atoms with E-state index in [0.717, 1.165) is 58.7 Å². The molecule has 2 aromatic heterocycles. The first-order chi connectivity index (χ1) is 16.2. The normalized spacial score (nSPS) is 18.9. The molecule has 1 saturated carbocycles. The average Bonchev–Trinajstić information content (AvgIpc) is 3.20. The molecular weight excluding hydrogens is 408 g/mol. The Hall–Kier alpha value is -2.89. The number of para-hydroxylation sites is 1. The summed E-state index contributed by atoms with van der Waals surface area (Å²) < 4.78 is 0. The molecular formula is C28H32N4O. The molecule has 170 valence electrons. The molecule has 0 atom stereocenters. The Kier molecular flexibility index (Phi) is 5.52. The van der Waals surface area contributed by atoms with Gasteiger partial charge in [-0.05, 0) is 42.7 Å². The van der Waals surface area contributed by atoms with Gasteiger partial charge in [0, 0.05) is 55.1 Å². The second kappa shape index (κ2) is 8.81. The van der Waals surface area contributed by atoms with Crippen molar-refractivity contribution in [1.29, 1.82) is 0 Å². The van der Waals surface area contributed by atoms with E-state index in [0.29, 0.717) is 0 Å². The van der Waals surface area contributed by atoms with Crippen LogP contribution in [0.4, 0.5) is 0 Å². The summed E-state index contributed by atoms with van der Waals surface area (Å²) in [6.45, 7) is 5.73. The molecule has 33 heavy (non-hydrogen) atoms. The van der Waals surface area contributed by atoms with Crippen LogP contribution in [0.1, 0.15) is 37.7 Å². The number of nitrogens with one attached hydrogen (secondary N) is 1. The van der Waals surface area contributed by atoms with Gasteiger partial charge in [0.15, 0.2) is 5.88 Å². The first-order valence-corrected chi connectivity index (χ1v) is 12.4. The number of aromatic hydroxyl groups is 1. The molecule has 0 radical (unpaired) electrons. The fourth-order valence-electron chi connectivity index (χ4n) is 5.79. The van der Waals surface area contributed by atoms with Crippen LogP contribution in [0, 0.1) is 0 Å². The minimum absolute atomic E-state index is 0.173. The van der Waals surface area contributed by atoms with Gasteiger partial charge >= 0.3 is 0 Å². The van der Waals surface area contributed by atoms with Gasteiger partial charge in [0.2, 0.25) is 0 Å². The quantitative estimate of drug-likeness (QED) is 0.438. The lowest BCUT2D eigenvalue weighted by molar-refractivity contribution is 0.0755. The van der Waals surface area contributed by atoms with Crippen LogP contribution in [0.2, 0.25) is 0 Å². The summed E-state index contributed by atoms with van der Waals surface area (Å²) in [5, 5.41) is 12.6. The molecule has 0 unspecified atom stereocenters. The average molecular weight is 441 g/mol. The van der Waals surface area contributed by atoms with Crippen molar-refractivity contribution in [2.45, 2.75) is 44.7 Å². The van der Waals surface area contributed by atoms with Crippen molar-refractivity contribution in [2.24, 2.45) is 0 Å². The Morgan fingerprint density at radius 1 is 0.909 bits per heavy atom. The second-order valence-corrected chi connectivity index (χ2v) is 9.72. The van der Waals surface area contributed by atoms with Gasteiger partial charge in [-0.25, -0.2) is 4.98 Å². The standard InChI is InChI=1S/C28H32N4O/c33-28-27(23-8-4-5-9-25(23)30-28)26-13-11-21-18-20(10-12-24(21)29-26)19-31-14-16-32(17-15-31)22-6-2-1-3-7-22/h4-5,8-13,18,22,30,33H,1-3,6-7,14-17,19H2. The van der Waals surface area contributed by atoms with Crippen molar-refractivity contribution in [3.63, 3.8) is 0 Å². The van der Waals surface area contributed by atoms with E-state index in [2.05, 4.69) is 39.0 Å². The number of H-pyrrole nitrogens is 1. The number of piperazine rings is 1. The van der Waals surface area contributed by atoms with Crippen molar-refractivity contribution >= 4 is 21.8 Å². The third-order valence-corrected chi connectivity index (χ3v) is 7.60. The van der Waals surface area contributed by atoms with Gasteiger partial charge in [0.05, 0.1) is 16.8 Å². The molecule has 5 nitrogen and oxygen atoms in total. The molecule has 2 aromatic carbocycles. The SMILES string of the molecule is Oc1[nH]c2ccccc2c1-c1ccc2cc(CN3CCN(C4CCCCC4)CC3)ccc2n1. The highest BCUT2D eigenvalue weighted by Gasteiger charge is 2.25. The van der Waals surface area contributed by atoms with Gasteiger partial charge < -0.3 is 10.1 Å². The maximum Gasteiger partial charge on any atom is 0.199 e. The van der Waals surface area contributed by atoms with Gasteiger partial charge in [0.1, 0.15) is 0 Å². The second-order valence-electron chi connectivity index (χ2n) is 9.72. The lowest BCUT2D eigenvalue weighted by Crippen LogP contribution is -2.50. The molecule has 1 aliphatic heterocycles. The van der Waals surface area contributed by atoms with Gasteiger partial charge in [-0.15, -0.1) is 0 Å². The molecule has 0 spiro atoms. The number of aromatic nitrogens is 2. The number of hydrogen-bond donors (Lipinski definition) is 2. The van der Waals surface area contributed by atoms with Crippen molar-refractivity contribution in [3.05, 3.63) is 60.2 Å². The summed E-state index contributed by atoms with van der Waals surface area (Å²) in [6, 6.07) is 19.5. The minimum atomic E-state index is 0.173. The van der Waals surface area contributed by atoms with Crippen LogP contribution in [0.3, 0.4) is 0 Å². The minimum Gasteiger partial charge on any atom is -0.494 e. The van der Waals surface area contributed by atoms with Gasteiger partial charge in [-0.1, -0.05) is 49.6 Å². The molecule has 5 heteroatoms. The largest absolute Gasteiger partial charge is 0.494 e. The van der Waals surface area contributed by atoms with Crippen molar-refractivity contribution in [1.82, 2.24) is 19.8 Å². The first-order valence-electron chi connectivity index (χ1n) is 12.4. The van der Waals surface area contributed by atoms with Crippen molar-refractivity contribution < 1.29 is 5.11 Å². The molecule has 1 saturated heterocycles. The van der Waals surface area contributed by atoms with Gasteiger partial charge in [-0.2, -0.15) is 0 Å². The van der Waals surface area contributed by atoms with Crippen LogP contribution in [0.25, 0.3) is 33.1 Å². The zero-order valence-corrected chi connectivity index (χ0v) is 19.1. The maximum absolute atomic E-state index is 10.5. The number of rotatable bonds is 4. The van der Waals surface area contributed by atoms with E-state index >= 15 is 0 Å². The summed E-state index contributed by atoms with van der Waals surface area (Å²) in [6.07, 6.45) is 7.05. The first kappa shape index (κ1) is 20.7. The highest BCUT2D eigenvalue weighted by molar-refractivity contribution is 5.99. The Labute approximate surface area is 195 Å². The molecule has 2 fully saturated rings. The third-order valence-electron chi connectivity index (χ3n) is 7.60. The van der Waals surface area contributed by atoms with E-state index in [1.807, 2.05) is 30.3 Å². The lowest BCUT2D eigenvalue weighted by Gasteiger charge is -2.40. The molecule has 0 amide bonds. The Balaban J connectivity index is 1.17. The number of hydrogen-bond acceptors (Lipinski definition) is 4. The molecule has 0 bridgehead atoms. The molecule has 2 N–H and O–H groups in total. The summed E-state index contributed by atoms with van der Waals surface area (Å²) >= 11 is 0. The van der Waals surface area contributed by atoms with Crippen LogP contribution in [0.15, 0.2) is 54.6 Å². The summed E-state index contributed by atoms with van der Waals surface area (Å²) in [7, 11) is 0. The van der Waals surface area contributed by atoms with E-state index in [1.54, 1.807) is 0 Å². The Morgan fingerprint density at radius 2 is 1.73 bits per heavy atom. The third kappa shape index (κ3) is 4.11. The highest BCUT2D eigenvalue weighted by atomic mass is 16.3. The van der Waals surface area contributed by atoms with Crippen LogP contribution < -0.4 is 0 Å². The fourth-order valence-corrected chi connectivity index (χ4v) is 5.79. The Bertz CT molecular complexity index is 1270. The summed E-state index contributed by atoms with van der Waals surface area (Å²) in [5.41, 5.74) is 4.79. The van der Waals surface area contributed by atoms with Crippen LogP contribution in [-0.4, -0.2) is 57.1 Å². The zero-order chi connectivity index (χ0) is 22.2. The van der Waals surface area contributed by atoms with Crippen LogP contribution >= 0.6 is 0 Å². The maximum atomic E-state index is 10.5. The van der Waals surface area contributed by atoms with E-state index in [9.17, 15) is 5.11 Å². The van der Waals surface area contributed by atoms with E-state index in [4.69, 9.17) is 4.98 Å². The summed E-state index contributed by atoms with van der Waals surface area (Å²) in [4.78, 5) is 13.3. The van der Waals surface area contributed by atoms with E-state index in [-0.39, 0.29) is 5.88 Å². The Morgan fingerprint density at radius 3 is 2.58 bits per heavy atom. The van der Waals surface area contributed by atoms with Crippen LogP contribution in [-0.2, 0) is 6.54 Å². The number of nitrogens with zero attached hydrogens (tertiary/aromatic N) is 3. The molecule has 2 aliphatic rings. The van der Waals surface area contributed by atoms with E-state index < -0.39 is 0 Å². The van der Waals surface area contributed by atoms with Crippen molar-refractivity contribution in [3.8, 4) is 17.1 Å². The lowest BCUT2D eigenvalue weighted by atomic mass is 9.94.